The van der Waals surface area contributed by atoms with Gasteiger partial charge in [-0.05, 0) is 38.4 Å². The summed E-state index contributed by atoms with van der Waals surface area (Å²) in [6.45, 7) is 6.30. The molecule has 1 aliphatic rings. The number of amides is 1. The van der Waals surface area contributed by atoms with Crippen LogP contribution in [0.25, 0.3) is 11.4 Å². The fraction of sp³-hybridized carbons (Fsp3) is 0.474. The molecule has 154 valence electrons. The van der Waals surface area contributed by atoms with Crippen LogP contribution < -0.4 is 10.9 Å². The number of aromatic amines is 1. The van der Waals surface area contributed by atoms with Gasteiger partial charge in [-0.3, -0.25) is 14.6 Å². The zero-order valence-corrected chi connectivity index (χ0v) is 17.7. The summed E-state index contributed by atoms with van der Waals surface area (Å²) in [6, 6.07) is 3.84. The van der Waals surface area contributed by atoms with Gasteiger partial charge in [0, 0.05) is 48.3 Å². The normalized spacial score (nSPS) is 15.4. The maximum atomic E-state index is 12.9. The molecule has 1 fully saturated rings. The molecule has 3 rings (SSSR count). The second kappa shape index (κ2) is 11.1. The molecule has 7 nitrogen and oxygen atoms in total. The van der Waals surface area contributed by atoms with Gasteiger partial charge in [0.25, 0.3) is 5.56 Å². The van der Waals surface area contributed by atoms with E-state index in [-0.39, 0.29) is 48.7 Å². The number of rotatable bonds is 6. The lowest BCUT2D eigenvalue weighted by molar-refractivity contribution is -0.132. The largest absolute Gasteiger partial charge is 0.338 e. The zero-order valence-electron chi connectivity index (χ0n) is 16.1. The van der Waals surface area contributed by atoms with Gasteiger partial charge in [-0.15, -0.1) is 24.8 Å². The van der Waals surface area contributed by atoms with Gasteiger partial charge >= 0.3 is 0 Å². The predicted molar refractivity (Wildman–Crippen MR) is 114 cm³/mol. The Balaban J connectivity index is 0.00000196. The van der Waals surface area contributed by atoms with Crippen molar-refractivity contribution in [2.45, 2.75) is 39.2 Å². The van der Waals surface area contributed by atoms with Crippen LogP contribution in [0.1, 0.15) is 31.0 Å². The molecule has 0 aromatic carbocycles. The number of hydrogen-bond acceptors (Lipinski definition) is 5. The molecule has 1 saturated heterocycles. The smallest absolute Gasteiger partial charge is 0.255 e. The summed E-state index contributed by atoms with van der Waals surface area (Å²) in [7, 11) is 0. The Kier molecular flexibility index (Phi) is 9.58. The molecule has 0 aliphatic carbocycles. The molecule has 2 N–H and O–H groups in total. The topological polar surface area (TPSA) is 91.0 Å². The lowest BCUT2D eigenvalue weighted by atomic mass is 10.1. The first-order valence-corrected chi connectivity index (χ1v) is 9.10. The standard InChI is InChI=1S/C19H25N5O2.2ClH/c1-3-9-24(15-6-8-21-12-15)17(25)10-16-13(2)22-18(23-19(16)26)14-5-4-7-20-11-14;;/h4-5,7,11,15,21H,3,6,8-10,12H2,1-2H3,(H,22,23,26);2*1H. The van der Waals surface area contributed by atoms with Crippen LogP contribution in [0.15, 0.2) is 29.3 Å². The number of pyridine rings is 1. The van der Waals surface area contributed by atoms with E-state index in [1.165, 1.54) is 0 Å². The number of aromatic nitrogens is 3. The minimum Gasteiger partial charge on any atom is -0.338 e. The van der Waals surface area contributed by atoms with Crippen LogP contribution in [0.5, 0.6) is 0 Å². The van der Waals surface area contributed by atoms with Gasteiger partial charge in [0.1, 0.15) is 5.82 Å². The minimum absolute atomic E-state index is 0. The van der Waals surface area contributed by atoms with E-state index in [2.05, 4.69) is 27.2 Å². The molecular weight excluding hydrogens is 401 g/mol. The lowest BCUT2D eigenvalue weighted by Crippen LogP contribution is -2.43. The number of carbonyl (C=O) groups is 1. The summed E-state index contributed by atoms with van der Waals surface area (Å²) >= 11 is 0. The van der Waals surface area contributed by atoms with Crippen LogP contribution in [0.3, 0.4) is 0 Å². The Labute approximate surface area is 177 Å². The van der Waals surface area contributed by atoms with E-state index in [0.29, 0.717) is 23.6 Å². The van der Waals surface area contributed by atoms with E-state index in [9.17, 15) is 9.59 Å². The Morgan fingerprint density at radius 3 is 2.71 bits per heavy atom. The number of nitrogens with zero attached hydrogens (tertiary/aromatic N) is 3. The Morgan fingerprint density at radius 2 is 2.14 bits per heavy atom. The van der Waals surface area contributed by atoms with Crippen LogP contribution >= 0.6 is 24.8 Å². The Morgan fingerprint density at radius 1 is 1.36 bits per heavy atom. The number of nitrogens with one attached hydrogen (secondary N) is 2. The molecule has 2 aromatic rings. The van der Waals surface area contributed by atoms with Crippen LogP contribution in [0.4, 0.5) is 0 Å². The highest BCUT2D eigenvalue weighted by Crippen LogP contribution is 2.15. The Hall–Kier alpha value is -1.96. The molecule has 0 bridgehead atoms. The third kappa shape index (κ3) is 5.53. The van der Waals surface area contributed by atoms with Gasteiger partial charge in [-0.1, -0.05) is 6.92 Å². The molecule has 0 spiro atoms. The van der Waals surface area contributed by atoms with Crippen molar-refractivity contribution in [2.24, 2.45) is 0 Å². The van der Waals surface area contributed by atoms with Crippen molar-refractivity contribution in [3.8, 4) is 11.4 Å². The highest BCUT2D eigenvalue weighted by Gasteiger charge is 2.27. The zero-order chi connectivity index (χ0) is 18.5. The molecule has 1 unspecified atom stereocenters. The highest BCUT2D eigenvalue weighted by atomic mass is 35.5. The first-order chi connectivity index (χ1) is 12.6. The quantitative estimate of drug-likeness (QED) is 0.736. The molecule has 3 heterocycles. The van der Waals surface area contributed by atoms with Crippen molar-refractivity contribution in [1.82, 2.24) is 25.2 Å². The van der Waals surface area contributed by atoms with Gasteiger partial charge in [0.05, 0.1) is 6.42 Å². The fourth-order valence-electron chi connectivity index (χ4n) is 3.37. The van der Waals surface area contributed by atoms with Gasteiger partial charge < -0.3 is 15.2 Å². The summed E-state index contributed by atoms with van der Waals surface area (Å²) < 4.78 is 0. The summed E-state index contributed by atoms with van der Waals surface area (Å²) in [4.78, 5) is 38.7. The molecule has 0 saturated carbocycles. The van der Waals surface area contributed by atoms with Crippen molar-refractivity contribution in [1.29, 1.82) is 0 Å². The fourth-order valence-corrected chi connectivity index (χ4v) is 3.37. The summed E-state index contributed by atoms with van der Waals surface area (Å²) in [5.41, 5.74) is 1.51. The third-order valence-corrected chi connectivity index (χ3v) is 4.75. The van der Waals surface area contributed by atoms with Crippen LogP contribution in [0.2, 0.25) is 0 Å². The van der Waals surface area contributed by atoms with E-state index in [0.717, 1.165) is 31.5 Å². The molecular formula is C19H27Cl2N5O2. The number of carbonyl (C=O) groups excluding carboxylic acids is 1. The van der Waals surface area contributed by atoms with Gasteiger partial charge in [-0.2, -0.15) is 0 Å². The van der Waals surface area contributed by atoms with Gasteiger partial charge in [-0.25, -0.2) is 4.98 Å². The summed E-state index contributed by atoms with van der Waals surface area (Å²) in [5, 5.41) is 3.30. The average Bonchev–Trinajstić information content (AvgIpc) is 3.17. The van der Waals surface area contributed by atoms with Gasteiger partial charge in [0.2, 0.25) is 5.91 Å². The summed E-state index contributed by atoms with van der Waals surface area (Å²) in [5.74, 6) is 0.465. The first-order valence-electron chi connectivity index (χ1n) is 9.10. The lowest BCUT2D eigenvalue weighted by Gasteiger charge is -2.28. The minimum atomic E-state index is -0.259. The average molecular weight is 428 g/mol. The molecule has 2 aromatic heterocycles. The Bertz CT molecular complexity index is 823. The van der Waals surface area contributed by atoms with Crippen molar-refractivity contribution in [3.05, 3.63) is 46.1 Å². The van der Waals surface area contributed by atoms with Crippen LogP contribution in [-0.4, -0.2) is 51.4 Å². The number of H-pyrrole nitrogens is 1. The highest BCUT2D eigenvalue weighted by molar-refractivity contribution is 5.85. The van der Waals surface area contributed by atoms with Crippen molar-refractivity contribution < 1.29 is 4.79 Å². The predicted octanol–water partition coefficient (Wildman–Crippen LogP) is 2.13. The number of halogens is 2. The maximum Gasteiger partial charge on any atom is 0.255 e. The SMILES string of the molecule is CCCN(C(=O)Cc1c(C)nc(-c2cccnc2)[nH]c1=O)C1CCNC1.Cl.Cl. The van der Waals surface area contributed by atoms with Crippen molar-refractivity contribution in [2.75, 3.05) is 19.6 Å². The molecule has 1 atom stereocenters. The molecule has 1 aliphatic heterocycles. The maximum absolute atomic E-state index is 12.9. The molecule has 9 heteroatoms. The van der Waals surface area contributed by atoms with Gasteiger partial charge in [0.15, 0.2) is 0 Å². The van der Waals surface area contributed by atoms with E-state index < -0.39 is 0 Å². The molecule has 0 radical (unpaired) electrons. The van der Waals surface area contributed by atoms with E-state index >= 15 is 0 Å². The second-order valence-electron chi connectivity index (χ2n) is 6.63. The van der Waals surface area contributed by atoms with Crippen molar-refractivity contribution in [3.63, 3.8) is 0 Å². The second-order valence-corrected chi connectivity index (χ2v) is 6.63. The van der Waals surface area contributed by atoms with Crippen LogP contribution in [-0.2, 0) is 11.2 Å². The first kappa shape index (κ1) is 24.1. The number of aryl methyl sites for hydroxylation is 1. The van der Waals surface area contributed by atoms with E-state index in [4.69, 9.17) is 0 Å². The van der Waals surface area contributed by atoms with Crippen LogP contribution in [0, 0.1) is 6.92 Å². The molecule has 1 amide bonds. The van der Waals surface area contributed by atoms with E-state index in [1.807, 2.05) is 11.0 Å². The van der Waals surface area contributed by atoms with E-state index in [1.54, 1.807) is 25.4 Å². The monoisotopic (exact) mass is 427 g/mol. The number of hydrogen-bond donors (Lipinski definition) is 2. The summed E-state index contributed by atoms with van der Waals surface area (Å²) in [6.07, 6.45) is 5.26. The van der Waals surface area contributed by atoms with Crippen molar-refractivity contribution >= 4 is 30.7 Å². The third-order valence-electron chi connectivity index (χ3n) is 4.75. The molecule has 28 heavy (non-hydrogen) atoms.